The van der Waals surface area contributed by atoms with Gasteiger partial charge in [0, 0.05) is 16.0 Å². The number of hydrogen-bond donors (Lipinski definition) is 2. The van der Waals surface area contributed by atoms with Crippen molar-refractivity contribution in [1.82, 2.24) is 0 Å². The molecular formula is C20H25N2O3S+. The van der Waals surface area contributed by atoms with Crippen LogP contribution in [0.1, 0.15) is 22.8 Å². The molecule has 6 heteroatoms. The average Bonchev–Trinajstić information content (AvgIpc) is 2.61. The number of ether oxygens (including phenoxy) is 1. The zero-order chi connectivity index (χ0) is 19.1. The van der Waals surface area contributed by atoms with Gasteiger partial charge in [-0.15, -0.1) is 11.8 Å². The number of ketones is 1. The molecule has 0 radical (unpaired) electrons. The molecule has 0 fully saturated rings. The van der Waals surface area contributed by atoms with Gasteiger partial charge in [-0.3, -0.25) is 9.59 Å². The number of thioether (sulfide) groups is 1. The Bertz CT molecular complexity index is 792. The number of hydrogen-bond acceptors (Lipinski definition) is 4. The van der Waals surface area contributed by atoms with E-state index in [1.807, 2.05) is 43.6 Å². The molecule has 0 saturated carbocycles. The van der Waals surface area contributed by atoms with E-state index >= 15 is 0 Å². The molecule has 2 aromatic rings. The number of benzene rings is 2. The minimum absolute atomic E-state index is 0.0120. The molecule has 26 heavy (non-hydrogen) atoms. The molecule has 0 aliphatic rings. The Balaban J connectivity index is 2.04. The first-order valence-electron chi connectivity index (χ1n) is 8.36. The number of amides is 1. The molecular weight excluding hydrogens is 348 g/mol. The summed E-state index contributed by atoms with van der Waals surface area (Å²) in [7, 11) is 3.55. The van der Waals surface area contributed by atoms with Gasteiger partial charge >= 0.3 is 0 Å². The lowest BCUT2D eigenvalue weighted by Gasteiger charge is -2.17. The normalized spacial score (nSPS) is 11.7. The van der Waals surface area contributed by atoms with Gasteiger partial charge in [0.1, 0.15) is 12.3 Å². The number of para-hydroxylation sites is 1. The summed E-state index contributed by atoms with van der Waals surface area (Å²) in [6.45, 7) is 2.44. The second-order valence-electron chi connectivity index (χ2n) is 6.14. The second-order valence-corrected chi connectivity index (χ2v) is 6.99. The highest BCUT2D eigenvalue weighted by Gasteiger charge is 2.15. The molecule has 5 nitrogen and oxygen atoms in total. The number of Topliss-reactive ketones (excluding diaryl/α,β-unsaturated/α-hetero) is 1. The Labute approximate surface area is 158 Å². The lowest BCUT2D eigenvalue weighted by atomic mass is 10.1. The molecule has 0 heterocycles. The Hall–Kier alpha value is -2.31. The van der Waals surface area contributed by atoms with Crippen LogP contribution in [0.5, 0.6) is 5.75 Å². The average molecular weight is 373 g/mol. The zero-order valence-corrected chi connectivity index (χ0v) is 16.4. The van der Waals surface area contributed by atoms with Gasteiger partial charge in [-0.1, -0.05) is 12.1 Å². The highest BCUT2D eigenvalue weighted by atomic mass is 32.2. The number of methoxy groups -OCH3 is 1. The van der Waals surface area contributed by atoms with Crippen molar-refractivity contribution in [3.63, 3.8) is 0 Å². The molecule has 1 amide bonds. The fraction of sp³-hybridized carbons (Fsp3) is 0.300. The van der Waals surface area contributed by atoms with Crippen molar-refractivity contribution in [2.24, 2.45) is 0 Å². The first-order valence-corrected chi connectivity index (χ1v) is 9.59. The maximum atomic E-state index is 12.4. The van der Waals surface area contributed by atoms with Crippen molar-refractivity contribution in [2.45, 2.75) is 18.4 Å². The zero-order valence-electron chi connectivity index (χ0n) is 15.6. The van der Waals surface area contributed by atoms with Crippen LogP contribution in [-0.2, 0) is 11.3 Å². The smallest absolute Gasteiger partial charge is 0.279 e. The van der Waals surface area contributed by atoms with E-state index in [0.29, 0.717) is 18.7 Å². The number of quaternary nitrogens is 1. The summed E-state index contributed by atoms with van der Waals surface area (Å²) < 4.78 is 5.38. The van der Waals surface area contributed by atoms with E-state index in [0.717, 1.165) is 26.8 Å². The van der Waals surface area contributed by atoms with Crippen LogP contribution in [0.2, 0.25) is 0 Å². The largest absolute Gasteiger partial charge is 0.496 e. The molecule has 0 aliphatic heterocycles. The molecule has 0 aromatic heterocycles. The molecule has 0 spiro atoms. The van der Waals surface area contributed by atoms with Gasteiger partial charge in [0.25, 0.3) is 5.91 Å². The van der Waals surface area contributed by atoms with Gasteiger partial charge in [0.15, 0.2) is 12.3 Å². The molecule has 2 rings (SSSR count). The minimum Gasteiger partial charge on any atom is -0.496 e. The van der Waals surface area contributed by atoms with E-state index < -0.39 is 0 Å². The lowest BCUT2D eigenvalue weighted by molar-refractivity contribution is -0.885. The highest BCUT2D eigenvalue weighted by molar-refractivity contribution is 7.98. The molecule has 2 aromatic carbocycles. The van der Waals surface area contributed by atoms with E-state index in [2.05, 4.69) is 5.32 Å². The van der Waals surface area contributed by atoms with Crippen LogP contribution in [0, 0.1) is 0 Å². The van der Waals surface area contributed by atoms with E-state index in [4.69, 9.17) is 4.74 Å². The van der Waals surface area contributed by atoms with Gasteiger partial charge < -0.3 is 15.0 Å². The van der Waals surface area contributed by atoms with Gasteiger partial charge in [0.05, 0.1) is 19.8 Å². The van der Waals surface area contributed by atoms with Gasteiger partial charge in [0.2, 0.25) is 0 Å². The van der Waals surface area contributed by atoms with Crippen molar-refractivity contribution in [3.05, 3.63) is 53.6 Å². The topological polar surface area (TPSA) is 59.8 Å². The highest BCUT2D eigenvalue weighted by Crippen LogP contribution is 2.24. The number of likely N-dealkylation sites (N-methyl/N-ethyl adjacent to an activating group) is 1. The number of rotatable bonds is 8. The molecule has 0 saturated heterocycles. The standard InChI is InChI=1S/C20H24N2O3S/c1-14(23)15-9-10-18(25-3)16(11-15)12-22(2)13-20(24)21-17-7-5-6-8-19(17)26-4/h5-11H,12-13H2,1-4H3,(H,21,24)/p+1. The molecule has 0 aliphatic carbocycles. The van der Waals surface area contributed by atoms with Crippen molar-refractivity contribution in [1.29, 1.82) is 0 Å². The number of carbonyl (C=O) groups excluding carboxylic acids is 2. The van der Waals surface area contributed by atoms with E-state index in [1.165, 1.54) is 0 Å². The summed E-state index contributed by atoms with van der Waals surface area (Å²) in [5.41, 5.74) is 2.39. The Morgan fingerprint density at radius 3 is 2.58 bits per heavy atom. The van der Waals surface area contributed by atoms with Crippen molar-refractivity contribution < 1.29 is 19.2 Å². The van der Waals surface area contributed by atoms with Crippen LogP contribution in [0.4, 0.5) is 5.69 Å². The van der Waals surface area contributed by atoms with Crippen LogP contribution in [-0.4, -0.2) is 38.6 Å². The first kappa shape index (κ1) is 20.0. The summed E-state index contributed by atoms with van der Waals surface area (Å²) >= 11 is 1.60. The van der Waals surface area contributed by atoms with Crippen molar-refractivity contribution >= 4 is 29.1 Å². The van der Waals surface area contributed by atoms with Gasteiger partial charge in [-0.05, 0) is 43.5 Å². The summed E-state index contributed by atoms with van der Waals surface area (Å²) in [5.74, 6) is 0.686. The van der Waals surface area contributed by atoms with Crippen LogP contribution < -0.4 is 15.0 Å². The van der Waals surface area contributed by atoms with Crippen molar-refractivity contribution in [3.8, 4) is 5.75 Å². The minimum atomic E-state index is -0.0503. The Morgan fingerprint density at radius 2 is 1.92 bits per heavy atom. The third kappa shape index (κ3) is 5.34. The Kier molecular flexibility index (Phi) is 7.24. The third-order valence-corrected chi connectivity index (χ3v) is 4.82. The van der Waals surface area contributed by atoms with Crippen LogP contribution in [0.3, 0.4) is 0 Å². The van der Waals surface area contributed by atoms with Gasteiger partial charge in [-0.25, -0.2) is 0 Å². The monoisotopic (exact) mass is 373 g/mol. The molecule has 1 atom stereocenters. The van der Waals surface area contributed by atoms with E-state index in [1.54, 1.807) is 37.9 Å². The fourth-order valence-corrected chi connectivity index (χ4v) is 3.29. The summed E-state index contributed by atoms with van der Waals surface area (Å²) in [4.78, 5) is 26.0. The predicted molar refractivity (Wildman–Crippen MR) is 105 cm³/mol. The third-order valence-electron chi connectivity index (χ3n) is 4.02. The maximum absolute atomic E-state index is 12.4. The van der Waals surface area contributed by atoms with Crippen LogP contribution in [0.25, 0.3) is 0 Å². The summed E-state index contributed by atoms with van der Waals surface area (Å²) in [6.07, 6.45) is 1.98. The summed E-state index contributed by atoms with van der Waals surface area (Å²) in [6, 6.07) is 13.1. The SMILES string of the molecule is COc1ccc(C(C)=O)cc1C[NH+](C)CC(=O)Nc1ccccc1SC. The van der Waals surface area contributed by atoms with E-state index in [9.17, 15) is 9.59 Å². The first-order chi connectivity index (χ1) is 12.4. The molecule has 0 bridgehead atoms. The summed E-state index contributed by atoms with van der Waals surface area (Å²) in [5, 5.41) is 2.97. The molecule has 2 N–H and O–H groups in total. The van der Waals surface area contributed by atoms with Gasteiger partial charge in [-0.2, -0.15) is 0 Å². The number of anilines is 1. The Morgan fingerprint density at radius 1 is 1.19 bits per heavy atom. The fourth-order valence-electron chi connectivity index (χ4n) is 2.74. The van der Waals surface area contributed by atoms with Crippen LogP contribution >= 0.6 is 11.8 Å². The quantitative estimate of drug-likeness (QED) is 0.551. The molecule has 1 unspecified atom stereocenters. The number of nitrogens with one attached hydrogen (secondary N) is 2. The van der Waals surface area contributed by atoms with E-state index in [-0.39, 0.29) is 11.7 Å². The molecule has 138 valence electrons. The maximum Gasteiger partial charge on any atom is 0.279 e. The van der Waals surface area contributed by atoms with Crippen molar-refractivity contribution in [2.75, 3.05) is 32.3 Å². The number of carbonyl (C=O) groups is 2. The second kappa shape index (κ2) is 9.40. The lowest BCUT2D eigenvalue weighted by Crippen LogP contribution is -3.08. The predicted octanol–water partition coefficient (Wildman–Crippen LogP) is 2.27. The van der Waals surface area contributed by atoms with Crippen LogP contribution in [0.15, 0.2) is 47.4 Å².